The highest BCUT2D eigenvalue weighted by atomic mass is 35.5. The third-order valence-corrected chi connectivity index (χ3v) is 7.15. The Morgan fingerprint density at radius 2 is 1.82 bits per heavy atom. The summed E-state index contributed by atoms with van der Waals surface area (Å²) in [5.41, 5.74) is 3.57. The van der Waals surface area contributed by atoms with E-state index in [0.29, 0.717) is 33.1 Å². The molecule has 2 aromatic heterocycles. The number of aromatic nitrogens is 2. The van der Waals surface area contributed by atoms with Gasteiger partial charge in [-0.2, -0.15) is 0 Å². The Morgan fingerprint density at radius 1 is 1.12 bits per heavy atom. The first kappa shape index (κ1) is 24.1. The Morgan fingerprint density at radius 3 is 2.47 bits per heavy atom. The summed E-state index contributed by atoms with van der Waals surface area (Å²) in [6.07, 6.45) is 3.63. The van der Waals surface area contributed by atoms with Crippen molar-refractivity contribution in [1.82, 2.24) is 9.97 Å². The van der Waals surface area contributed by atoms with Gasteiger partial charge in [0.05, 0.1) is 35.6 Å². The standard InChI is InChI=1S/C25H24Cl2N4O2S/c1-6-14(3)29-16-9-7-8-13(2)23(16)30-25-28-12-15-10-19(34-24(15)31-25)20-21(26)17(32-4)11-18(33-5)22(20)27/h6-12,14,29H,1H2,2-5H3,(H,28,30,31). The second kappa shape index (κ2) is 10.1. The molecule has 2 heterocycles. The highest BCUT2D eigenvalue weighted by Crippen LogP contribution is 2.48. The summed E-state index contributed by atoms with van der Waals surface area (Å²) in [6.45, 7) is 7.92. The average Bonchev–Trinajstić information content (AvgIpc) is 3.24. The van der Waals surface area contributed by atoms with Gasteiger partial charge in [-0.1, -0.05) is 41.4 Å². The number of fused-ring (bicyclic) bond motifs is 1. The van der Waals surface area contributed by atoms with E-state index >= 15 is 0 Å². The highest BCUT2D eigenvalue weighted by Gasteiger charge is 2.21. The maximum atomic E-state index is 6.61. The molecule has 0 spiro atoms. The fraction of sp³-hybridized carbons (Fsp3) is 0.200. The number of rotatable bonds is 8. The molecule has 4 rings (SSSR count). The summed E-state index contributed by atoms with van der Waals surface area (Å²) in [6, 6.07) is 9.79. The van der Waals surface area contributed by atoms with Crippen LogP contribution in [0.4, 0.5) is 17.3 Å². The summed E-state index contributed by atoms with van der Waals surface area (Å²) >= 11 is 14.7. The molecule has 176 valence electrons. The van der Waals surface area contributed by atoms with Crippen molar-refractivity contribution in [1.29, 1.82) is 0 Å². The largest absolute Gasteiger partial charge is 0.495 e. The number of anilines is 3. The van der Waals surface area contributed by atoms with E-state index in [0.717, 1.165) is 32.0 Å². The Labute approximate surface area is 212 Å². The number of methoxy groups -OCH3 is 2. The van der Waals surface area contributed by atoms with Crippen molar-refractivity contribution < 1.29 is 9.47 Å². The zero-order valence-electron chi connectivity index (χ0n) is 19.2. The summed E-state index contributed by atoms with van der Waals surface area (Å²) < 4.78 is 10.8. The minimum Gasteiger partial charge on any atom is -0.495 e. The Balaban J connectivity index is 1.74. The Kier molecular flexibility index (Phi) is 7.16. The van der Waals surface area contributed by atoms with Crippen LogP contribution >= 0.6 is 34.5 Å². The fourth-order valence-corrected chi connectivity index (χ4v) is 5.36. The molecule has 2 N–H and O–H groups in total. The van der Waals surface area contributed by atoms with E-state index in [1.807, 2.05) is 44.2 Å². The van der Waals surface area contributed by atoms with Crippen molar-refractivity contribution in [2.24, 2.45) is 0 Å². The second-order valence-corrected chi connectivity index (χ2v) is 9.43. The van der Waals surface area contributed by atoms with Crippen molar-refractivity contribution in [3.8, 4) is 21.9 Å². The van der Waals surface area contributed by atoms with Gasteiger partial charge in [0.25, 0.3) is 0 Å². The molecule has 34 heavy (non-hydrogen) atoms. The molecule has 0 saturated carbocycles. The summed E-state index contributed by atoms with van der Waals surface area (Å²) in [4.78, 5) is 10.9. The molecule has 1 atom stereocenters. The number of hydrogen-bond acceptors (Lipinski definition) is 7. The van der Waals surface area contributed by atoms with Crippen LogP contribution in [0.5, 0.6) is 11.5 Å². The molecular formula is C25H24Cl2N4O2S. The smallest absolute Gasteiger partial charge is 0.228 e. The molecule has 0 bridgehead atoms. The lowest BCUT2D eigenvalue weighted by atomic mass is 10.1. The third-order valence-electron chi connectivity index (χ3n) is 5.34. The molecule has 0 aliphatic carbocycles. The van der Waals surface area contributed by atoms with Gasteiger partial charge in [-0.15, -0.1) is 17.9 Å². The lowest BCUT2D eigenvalue weighted by molar-refractivity contribution is 0.395. The van der Waals surface area contributed by atoms with E-state index in [9.17, 15) is 0 Å². The van der Waals surface area contributed by atoms with Crippen molar-refractivity contribution in [3.05, 3.63) is 64.8 Å². The normalized spacial score (nSPS) is 11.8. The molecule has 9 heteroatoms. The van der Waals surface area contributed by atoms with Gasteiger partial charge in [-0.3, -0.25) is 0 Å². The zero-order valence-corrected chi connectivity index (χ0v) is 21.5. The number of benzene rings is 2. The first-order valence-corrected chi connectivity index (χ1v) is 12.1. The predicted molar refractivity (Wildman–Crippen MR) is 144 cm³/mol. The summed E-state index contributed by atoms with van der Waals surface area (Å²) in [5.74, 6) is 1.46. The number of nitrogens with one attached hydrogen (secondary N) is 2. The van der Waals surface area contributed by atoms with Crippen LogP contribution in [0.25, 0.3) is 20.7 Å². The van der Waals surface area contributed by atoms with E-state index < -0.39 is 0 Å². The average molecular weight is 515 g/mol. The molecule has 1 unspecified atom stereocenters. The zero-order chi connectivity index (χ0) is 24.4. The molecule has 0 amide bonds. The van der Waals surface area contributed by atoms with Gasteiger partial charge in [0.2, 0.25) is 5.95 Å². The fourth-order valence-electron chi connectivity index (χ4n) is 3.49. The number of nitrogens with zero attached hydrogens (tertiary/aromatic N) is 2. The van der Waals surface area contributed by atoms with Crippen molar-refractivity contribution in [2.45, 2.75) is 19.9 Å². The lowest BCUT2D eigenvalue weighted by Gasteiger charge is -2.17. The first-order chi connectivity index (χ1) is 16.4. The third kappa shape index (κ3) is 4.64. The van der Waals surface area contributed by atoms with Crippen LogP contribution in [0.15, 0.2) is 49.2 Å². The molecule has 0 radical (unpaired) electrons. The number of ether oxygens (including phenoxy) is 2. The molecule has 0 aliphatic heterocycles. The molecule has 0 saturated heterocycles. The second-order valence-electron chi connectivity index (χ2n) is 7.64. The van der Waals surface area contributed by atoms with E-state index in [4.69, 9.17) is 37.7 Å². The topological polar surface area (TPSA) is 68.3 Å². The molecule has 2 aromatic carbocycles. The molecule has 0 aliphatic rings. The number of hydrogen-bond donors (Lipinski definition) is 2. The molecule has 6 nitrogen and oxygen atoms in total. The minimum absolute atomic E-state index is 0.111. The number of para-hydroxylation sites is 1. The van der Waals surface area contributed by atoms with Crippen LogP contribution in [0.3, 0.4) is 0 Å². The van der Waals surface area contributed by atoms with E-state index in [-0.39, 0.29) is 6.04 Å². The van der Waals surface area contributed by atoms with Gasteiger partial charge in [-0.05, 0) is 31.5 Å². The van der Waals surface area contributed by atoms with Crippen LogP contribution in [-0.2, 0) is 0 Å². The molecular weight excluding hydrogens is 491 g/mol. The molecule has 0 fully saturated rings. The van der Waals surface area contributed by atoms with Crippen LogP contribution in [0.2, 0.25) is 10.0 Å². The van der Waals surface area contributed by atoms with Gasteiger partial charge in [-0.25, -0.2) is 9.97 Å². The number of halogens is 2. The van der Waals surface area contributed by atoms with Crippen LogP contribution in [0.1, 0.15) is 12.5 Å². The van der Waals surface area contributed by atoms with Gasteiger partial charge in [0.15, 0.2) is 0 Å². The van der Waals surface area contributed by atoms with E-state index in [1.165, 1.54) is 11.3 Å². The van der Waals surface area contributed by atoms with E-state index in [1.54, 1.807) is 26.5 Å². The van der Waals surface area contributed by atoms with Crippen LogP contribution < -0.4 is 20.1 Å². The lowest BCUT2D eigenvalue weighted by Crippen LogP contribution is -2.13. The minimum atomic E-state index is 0.111. The van der Waals surface area contributed by atoms with Crippen molar-refractivity contribution >= 4 is 62.1 Å². The predicted octanol–water partition coefficient (Wildman–Crippen LogP) is 7.72. The Hall–Kier alpha value is -3.00. The Bertz CT molecular complexity index is 1340. The first-order valence-electron chi connectivity index (χ1n) is 10.5. The summed E-state index contributed by atoms with van der Waals surface area (Å²) in [7, 11) is 3.11. The summed E-state index contributed by atoms with van der Waals surface area (Å²) in [5, 5.41) is 8.51. The number of thiophene rings is 1. The van der Waals surface area contributed by atoms with Gasteiger partial charge in [0.1, 0.15) is 16.3 Å². The van der Waals surface area contributed by atoms with Gasteiger partial charge < -0.3 is 20.1 Å². The van der Waals surface area contributed by atoms with E-state index in [2.05, 4.69) is 22.2 Å². The SMILES string of the molecule is C=CC(C)Nc1cccc(C)c1Nc1ncc2cc(-c3c(Cl)c(OC)cc(OC)c3Cl)sc2n1. The molecule has 4 aromatic rings. The maximum absolute atomic E-state index is 6.61. The number of aryl methyl sites for hydroxylation is 1. The van der Waals surface area contributed by atoms with Crippen molar-refractivity contribution in [3.63, 3.8) is 0 Å². The highest BCUT2D eigenvalue weighted by molar-refractivity contribution is 7.22. The quantitative estimate of drug-likeness (QED) is 0.234. The van der Waals surface area contributed by atoms with Crippen LogP contribution in [-0.4, -0.2) is 30.2 Å². The monoisotopic (exact) mass is 514 g/mol. The van der Waals surface area contributed by atoms with Gasteiger partial charge in [0, 0.05) is 34.1 Å². The van der Waals surface area contributed by atoms with Gasteiger partial charge >= 0.3 is 0 Å². The maximum Gasteiger partial charge on any atom is 0.228 e. The van der Waals surface area contributed by atoms with Crippen molar-refractivity contribution in [2.75, 3.05) is 24.9 Å². The van der Waals surface area contributed by atoms with Crippen LogP contribution in [0, 0.1) is 6.92 Å².